The summed E-state index contributed by atoms with van der Waals surface area (Å²) in [6.07, 6.45) is 1.04. The molecule has 2 aromatic rings. The van der Waals surface area contributed by atoms with E-state index in [2.05, 4.69) is 15.0 Å². The molecule has 2 aromatic carbocycles. The van der Waals surface area contributed by atoms with Gasteiger partial charge in [0.05, 0.1) is 4.90 Å². The largest absolute Gasteiger partial charge is 0.370 e. The van der Waals surface area contributed by atoms with Crippen LogP contribution in [0.4, 0.5) is 5.69 Å². The smallest absolute Gasteiger partial charge is 0.261 e. The summed E-state index contributed by atoms with van der Waals surface area (Å²) in [4.78, 5) is 4.68. The number of anilines is 1. The van der Waals surface area contributed by atoms with E-state index >= 15 is 0 Å². The van der Waals surface area contributed by atoms with E-state index in [1.54, 1.807) is 36.4 Å². The topological polar surface area (TPSA) is 70.6 Å². The zero-order valence-corrected chi connectivity index (χ0v) is 13.7. The molecule has 6 heteroatoms. The predicted molar refractivity (Wildman–Crippen MR) is 92.5 cm³/mol. The first-order valence-electron chi connectivity index (χ1n) is 7.53. The van der Waals surface area contributed by atoms with Crippen molar-refractivity contribution in [3.05, 3.63) is 59.7 Å². The third-order valence-electron chi connectivity index (χ3n) is 3.64. The SMILES string of the molecule is Cc1ccc(S(=O)(=O)Nc2ccc(C3=NCCCN3)cc2)cc1. The fourth-order valence-electron chi connectivity index (χ4n) is 2.35. The summed E-state index contributed by atoms with van der Waals surface area (Å²) in [5, 5.41) is 3.25. The third-order valence-corrected chi connectivity index (χ3v) is 5.04. The Bertz CT molecular complexity index is 810. The number of nitrogens with one attached hydrogen (secondary N) is 2. The molecule has 0 spiro atoms. The normalized spacial score (nSPS) is 14.7. The van der Waals surface area contributed by atoms with Gasteiger partial charge in [-0.1, -0.05) is 17.7 Å². The van der Waals surface area contributed by atoms with Crippen LogP contribution in [0.1, 0.15) is 17.5 Å². The zero-order chi connectivity index (χ0) is 16.3. The average molecular weight is 329 g/mol. The van der Waals surface area contributed by atoms with Crippen molar-refractivity contribution in [2.45, 2.75) is 18.2 Å². The molecule has 0 aliphatic carbocycles. The lowest BCUT2D eigenvalue weighted by Gasteiger charge is -2.15. The Morgan fingerprint density at radius 3 is 2.35 bits per heavy atom. The fourth-order valence-corrected chi connectivity index (χ4v) is 3.41. The van der Waals surface area contributed by atoms with Crippen LogP contribution in [0, 0.1) is 6.92 Å². The van der Waals surface area contributed by atoms with Gasteiger partial charge < -0.3 is 5.32 Å². The average Bonchev–Trinajstić information content (AvgIpc) is 2.56. The molecule has 0 saturated heterocycles. The summed E-state index contributed by atoms with van der Waals surface area (Å²) in [5.74, 6) is 0.865. The van der Waals surface area contributed by atoms with E-state index < -0.39 is 10.0 Å². The Morgan fingerprint density at radius 1 is 1.04 bits per heavy atom. The molecule has 1 aliphatic rings. The van der Waals surface area contributed by atoms with E-state index in [1.807, 2.05) is 19.1 Å². The van der Waals surface area contributed by atoms with Crippen LogP contribution in [0.3, 0.4) is 0 Å². The minimum atomic E-state index is -3.56. The molecule has 1 heterocycles. The number of rotatable bonds is 4. The van der Waals surface area contributed by atoms with Crippen molar-refractivity contribution in [3.63, 3.8) is 0 Å². The van der Waals surface area contributed by atoms with Crippen LogP contribution in [0.5, 0.6) is 0 Å². The van der Waals surface area contributed by atoms with Gasteiger partial charge in [0, 0.05) is 24.3 Å². The van der Waals surface area contributed by atoms with E-state index in [0.29, 0.717) is 5.69 Å². The maximum atomic E-state index is 12.4. The van der Waals surface area contributed by atoms with Gasteiger partial charge in [0.2, 0.25) is 0 Å². The number of benzene rings is 2. The van der Waals surface area contributed by atoms with Crippen molar-refractivity contribution in [2.24, 2.45) is 4.99 Å². The minimum Gasteiger partial charge on any atom is -0.370 e. The van der Waals surface area contributed by atoms with Gasteiger partial charge in [0.15, 0.2) is 0 Å². The highest BCUT2D eigenvalue weighted by Gasteiger charge is 2.14. The molecule has 0 saturated carbocycles. The van der Waals surface area contributed by atoms with E-state index in [0.717, 1.165) is 36.5 Å². The Balaban J connectivity index is 1.77. The maximum Gasteiger partial charge on any atom is 0.261 e. The fraction of sp³-hybridized carbons (Fsp3) is 0.235. The van der Waals surface area contributed by atoms with Crippen LogP contribution in [0.2, 0.25) is 0 Å². The van der Waals surface area contributed by atoms with Gasteiger partial charge in [-0.2, -0.15) is 0 Å². The zero-order valence-electron chi connectivity index (χ0n) is 12.9. The number of amidine groups is 1. The molecule has 5 nitrogen and oxygen atoms in total. The maximum absolute atomic E-state index is 12.4. The molecular weight excluding hydrogens is 310 g/mol. The molecule has 23 heavy (non-hydrogen) atoms. The highest BCUT2D eigenvalue weighted by atomic mass is 32.2. The van der Waals surface area contributed by atoms with Crippen LogP contribution in [0.15, 0.2) is 58.4 Å². The summed E-state index contributed by atoms with van der Waals surface area (Å²) in [5.41, 5.74) is 2.52. The van der Waals surface area contributed by atoms with E-state index in [4.69, 9.17) is 0 Å². The number of hydrogen-bond acceptors (Lipinski definition) is 4. The van der Waals surface area contributed by atoms with Crippen molar-refractivity contribution >= 4 is 21.5 Å². The highest BCUT2D eigenvalue weighted by Crippen LogP contribution is 2.17. The minimum absolute atomic E-state index is 0.255. The van der Waals surface area contributed by atoms with Gasteiger partial charge >= 0.3 is 0 Å². The van der Waals surface area contributed by atoms with Crippen LogP contribution < -0.4 is 10.0 Å². The quantitative estimate of drug-likeness (QED) is 0.905. The first kappa shape index (κ1) is 15.6. The van der Waals surface area contributed by atoms with Gasteiger partial charge in [-0.25, -0.2) is 8.42 Å². The second kappa shape index (κ2) is 6.42. The van der Waals surface area contributed by atoms with Crippen molar-refractivity contribution in [2.75, 3.05) is 17.8 Å². The molecule has 0 unspecified atom stereocenters. The Hall–Kier alpha value is -2.34. The monoisotopic (exact) mass is 329 g/mol. The molecule has 0 fully saturated rings. The number of sulfonamides is 1. The summed E-state index contributed by atoms with van der Waals surface area (Å²) in [6, 6.07) is 14.0. The summed E-state index contributed by atoms with van der Waals surface area (Å²) >= 11 is 0. The summed E-state index contributed by atoms with van der Waals surface area (Å²) < 4.78 is 27.3. The molecule has 0 atom stereocenters. The van der Waals surface area contributed by atoms with Gasteiger partial charge in [-0.15, -0.1) is 0 Å². The number of aryl methyl sites for hydroxylation is 1. The molecule has 1 aliphatic heterocycles. The molecular formula is C17H19N3O2S. The molecule has 3 rings (SSSR count). The molecule has 2 N–H and O–H groups in total. The second-order valence-electron chi connectivity index (χ2n) is 5.51. The van der Waals surface area contributed by atoms with Gasteiger partial charge in [-0.3, -0.25) is 9.71 Å². The van der Waals surface area contributed by atoms with Crippen LogP contribution in [-0.2, 0) is 10.0 Å². The lowest BCUT2D eigenvalue weighted by atomic mass is 10.1. The highest BCUT2D eigenvalue weighted by molar-refractivity contribution is 7.92. The Kier molecular flexibility index (Phi) is 4.34. The van der Waals surface area contributed by atoms with Gasteiger partial charge in [0.1, 0.15) is 5.84 Å². The van der Waals surface area contributed by atoms with Crippen molar-refractivity contribution in [3.8, 4) is 0 Å². The van der Waals surface area contributed by atoms with Crippen LogP contribution in [0.25, 0.3) is 0 Å². The number of aliphatic imine (C=N–C) groups is 1. The predicted octanol–water partition coefficient (Wildman–Crippen LogP) is 2.54. The lowest BCUT2D eigenvalue weighted by Crippen LogP contribution is -2.30. The van der Waals surface area contributed by atoms with Crippen molar-refractivity contribution in [1.29, 1.82) is 0 Å². The van der Waals surface area contributed by atoms with E-state index in [-0.39, 0.29) is 4.90 Å². The molecule has 120 valence electrons. The van der Waals surface area contributed by atoms with Crippen molar-refractivity contribution < 1.29 is 8.42 Å². The third kappa shape index (κ3) is 3.71. The Labute approximate surface area is 136 Å². The standard InChI is InChI=1S/C17H19N3O2S/c1-13-3-9-16(10-4-13)23(21,22)20-15-7-5-14(6-8-15)17-18-11-2-12-19-17/h3-10,20H,2,11-12H2,1H3,(H,18,19). The van der Waals surface area contributed by atoms with E-state index in [9.17, 15) is 8.42 Å². The summed E-state index contributed by atoms with van der Waals surface area (Å²) in [6.45, 7) is 3.66. The van der Waals surface area contributed by atoms with Crippen molar-refractivity contribution in [1.82, 2.24) is 5.32 Å². The number of hydrogen-bond donors (Lipinski definition) is 2. The molecule has 0 aromatic heterocycles. The molecule has 0 radical (unpaired) electrons. The van der Waals surface area contributed by atoms with Gasteiger partial charge in [-0.05, 0) is 49.7 Å². The van der Waals surface area contributed by atoms with Gasteiger partial charge in [0.25, 0.3) is 10.0 Å². The van der Waals surface area contributed by atoms with Crippen LogP contribution >= 0.6 is 0 Å². The Morgan fingerprint density at radius 2 is 1.74 bits per heavy atom. The van der Waals surface area contributed by atoms with E-state index in [1.165, 1.54) is 0 Å². The number of nitrogens with zero attached hydrogens (tertiary/aromatic N) is 1. The molecule has 0 bridgehead atoms. The first-order chi connectivity index (χ1) is 11.0. The lowest BCUT2D eigenvalue weighted by molar-refractivity contribution is 0.601. The van der Waals surface area contributed by atoms with Crippen LogP contribution in [-0.4, -0.2) is 27.3 Å². The molecule has 0 amide bonds. The first-order valence-corrected chi connectivity index (χ1v) is 9.01. The second-order valence-corrected chi connectivity index (χ2v) is 7.19. The summed E-state index contributed by atoms with van der Waals surface area (Å²) in [7, 11) is -3.56.